The van der Waals surface area contributed by atoms with Gasteiger partial charge in [-0.2, -0.15) is 0 Å². The average molecular weight is 339 g/mol. The van der Waals surface area contributed by atoms with Gasteiger partial charge in [0, 0.05) is 20.2 Å². The van der Waals surface area contributed by atoms with Gasteiger partial charge < -0.3 is 0 Å². The molecule has 0 aliphatic rings. The molecule has 126 valence electrons. The lowest BCUT2D eigenvalue weighted by atomic mass is 9.88. The van der Waals surface area contributed by atoms with E-state index in [0.717, 1.165) is 21.9 Å². The molecule has 2 aromatic carbocycles. The van der Waals surface area contributed by atoms with Crippen molar-refractivity contribution < 1.29 is 0 Å². The number of hydrogen-bond acceptors (Lipinski definition) is 2. The van der Waals surface area contributed by atoms with Crippen LogP contribution in [-0.4, -0.2) is 0 Å². The molecule has 0 bridgehead atoms. The lowest BCUT2D eigenvalue weighted by molar-refractivity contribution is 0.418. The van der Waals surface area contributed by atoms with E-state index in [9.17, 15) is 4.79 Å². The van der Waals surface area contributed by atoms with Crippen LogP contribution in [0.25, 0.3) is 20.2 Å². The van der Waals surface area contributed by atoms with Crippen LogP contribution >= 0.6 is 11.3 Å². The van der Waals surface area contributed by atoms with Gasteiger partial charge in [-0.25, -0.2) is 0 Å². The molecule has 0 saturated carbocycles. The summed E-state index contributed by atoms with van der Waals surface area (Å²) in [6.07, 6.45) is 0.965. The SMILES string of the molecule is CC(C)c1ccc(CC(C)C(C)C)c2c(=O)c3ccccc3sc12. The van der Waals surface area contributed by atoms with Crippen molar-refractivity contribution >= 4 is 31.5 Å². The van der Waals surface area contributed by atoms with Gasteiger partial charge in [0.05, 0.1) is 0 Å². The van der Waals surface area contributed by atoms with E-state index in [1.54, 1.807) is 11.3 Å². The predicted octanol–water partition coefficient (Wildman–Crippen LogP) is 6.37. The number of rotatable bonds is 4. The number of hydrogen-bond donors (Lipinski definition) is 0. The average Bonchev–Trinajstić information content (AvgIpc) is 2.54. The summed E-state index contributed by atoms with van der Waals surface area (Å²) in [6, 6.07) is 12.4. The molecule has 0 N–H and O–H groups in total. The predicted molar refractivity (Wildman–Crippen MR) is 107 cm³/mol. The maximum atomic E-state index is 13.2. The van der Waals surface area contributed by atoms with Crippen LogP contribution < -0.4 is 5.43 Å². The van der Waals surface area contributed by atoms with Crippen molar-refractivity contribution in [3.05, 3.63) is 57.7 Å². The summed E-state index contributed by atoms with van der Waals surface area (Å²) in [6.45, 7) is 11.2. The first-order valence-corrected chi connectivity index (χ1v) is 9.69. The van der Waals surface area contributed by atoms with Crippen molar-refractivity contribution in [3.63, 3.8) is 0 Å². The van der Waals surface area contributed by atoms with E-state index in [1.165, 1.54) is 15.8 Å². The van der Waals surface area contributed by atoms with Crippen molar-refractivity contribution in [2.75, 3.05) is 0 Å². The van der Waals surface area contributed by atoms with Crippen LogP contribution in [0, 0.1) is 11.8 Å². The van der Waals surface area contributed by atoms with Crippen molar-refractivity contribution in [2.45, 2.75) is 47.0 Å². The zero-order valence-electron chi connectivity index (χ0n) is 15.2. The van der Waals surface area contributed by atoms with Crippen LogP contribution in [0.3, 0.4) is 0 Å². The Bertz CT molecular complexity index is 934. The van der Waals surface area contributed by atoms with Crippen molar-refractivity contribution in [3.8, 4) is 0 Å². The van der Waals surface area contributed by atoms with Crippen LogP contribution in [0.5, 0.6) is 0 Å². The molecule has 1 unspecified atom stereocenters. The normalized spacial score (nSPS) is 13.3. The minimum absolute atomic E-state index is 0.202. The Labute approximate surface area is 148 Å². The summed E-state index contributed by atoms with van der Waals surface area (Å²) in [4.78, 5) is 13.2. The lowest BCUT2D eigenvalue weighted by Crippen LogP contribution is -2.12. The van der Waals surface area contributed by atoms with Crippen LogP contribution in [0.4, 0.5) is 0 Å². The molecular formula is C22H26OS. The zero-order chi connectivity index (χ0) is 17.4. The lowest BCUT2D eigenvalue weighted by Gasteiger charge is -2.18. The van der Waals surface area contributed by atoms with Crippen molar-refractivity contribution in [1.29, 1.82) is 0 Å². The topological polar surface area (TPSA) is 17.1 Å². The van der Waals surface area contributed by atoms with Gasteiger partial charge >= 0.3 is 0 Å². The Hall–Kier alpha value is -1.67. The Kier molecular flexibility index (Phi) is 4.78. The summed E-state index contributed by atoms with van der Waals surface area (Å²) >= 11 is 1.77. The van der Waals surface area contributed by atoms with E-state index >= 15 is 0 Å². The first-order valence-electron chi connectivity index (χ1n) is 8.87. The molecular weight excluding hydrogens is 312 g/mol. The second kappa shape index (κ2) is 6.68. The van der Waals surface area contributed by atoms with E-state index in [2.05, 4.69) is 52.8 Å². The van der Waals surface area contributed by atoms with Gasteiger partial charge in [0.2, 0.25) is 0 Å². The summed E-state index contributed by atoms with van der Waals surface area (Å²) < 4.78 is 2.27. The second-order valence-electron chi connectivity index (χ2n) is 7.53. The van der Waals surface area contributed by atoms with Gasteiger partial charge in [-0.05, 0) is 47.4 Å². The van der Waals surface area contributed by atoms with Crippen LogP contribution in [0.15, 0.2) is 41.2 Å². The Morgan fingerprint density at radius 3 is 2.33 bits per heavy atom. The molecule has 1 aromatic heterocycles. The van der Waals surface area contributed by atoms with Crippen molar-refractivity contribution in [2.24, 2.45) is 11.8 Å². The molecule has 0 saturated heterocycles. The smallest absolute Gasteiger partial charge is 0.196 e. The van der Waals surface area contributed by atoms with Crippen LogP contribution in [-0.2, 0) is 6.42 Å². The van der Waals surface area contributed by atoms with Gasteiger partial charge in [-0.15, -0.1) is 11.3 Å². The molecule has 0 aliphatic carbocycles. The number of benzene rings is 2. The molecule has 0 aliphatic heterocycles. The van der Waals surface area contributed by atoms with Crippen LogP contribution in [0.2, 0.25) is 0 Å². The van der Waals surface area contributed by atoms with Gasteiger partial charge in [0.15, 0.2) is 5.43 Å². The minimum atomic E-state index is 0.202. The van der Waals surface area contributed by atoms with Crippen molar-refractivity contribution in [1.82, 2.24) is 0 Å². The Morgan fingerprint density at radius 1 is 0.958 bits per heavy atom. The zero-order valence-corrected chi connectivity index (χ0v) is 16.0. The fraction of sp³-hybridized carbons (Fsp3) is 0.409. The van der Waals surface area contributed by atoms with Gasteiger partial charge in [0.25, 0.3) is 0 Å². The molecule has 0 fully saturated rings. The molecule has 1 heterocycles. The highest BCUT2D eigenvalue weighted by atomic mass is 32.1. The van der Waals surface area contributed by atoms with Gasteiger partial charge in [-0.1, -0.05) is 58.9 Å². The highest BCUT2D eigenvalue weighted by Gasteiger charge is 2.17. The molecule has 1 nitrogen and oxygen atoms in total. The molecule has 24 heavy (non-hydrogen) atoms. The molecule has 0 amide bonds. The molecule has 3 aromatic rings. The fourth-order valence-corrected chi connectivity index (χ4v) is 4.58. The largest absolute Gasteiger partial charge is 0.288 e. The summed E-state index contributed by atoms with van der Waals surface area (Å²) in [5, 5.41) is 1.81. The summed E-state index contributed by atoms with van der Waals surface area (Å²) in [5.74, 6) is 1.60. The van der Waals surface area contributed by atoms with E-state index in [-0.39, 0.29) is 5.43 Å². The minimum Gasteiger partial charge on any atom is -0.288 e. The van der Waals surface area contributed by atoms with E-state index in [4.69, 9.17) is 0 Å². The van der Waals surface area contributed by atoms with Gasteiger partial charge in [0.1, 0.15) is 0 Å². The Morgan fingerprint density at radius 2 is 1.67 bits per heavy atom. The summed E-state index contributed by atoms with van der Waals surface area (Å²) in [7, 11) is 0. The highest BCUT2D eigenvalue weighted by molar-refractivity contribution is 7.24. The third-order valence-electron chi connectivity index (χ3n) is 5.15. The Balaban J connectivity index is 2.36. The quantitative estimate of drug-likeness (QED) is 0.505. The number of fused-ring (bicyclic) bond motifs is 2. The molecule has 1 atom stereocenters. The third kappa shape index (κ3) is 3.00. The standard InChI is InChI=1S/C22H26OS/c1-13(2)15(5)12-16-10-11-17(14(3)4)22-20(16)21(23)18-8-6-7-9-19(18)24-22/h6-11,13-15H,12H2,1-5H3. The fourth-order valence-electron chi connectivity index (χ4n) is 3.19. The molecule has 2 heteroatoms. The van der Waals surface area contributed by atoms with E-state index in [0.29, 0.717) is 17.8 Å². The van der Waals surface area contributed by atoms with Crippen LogP contribution in [0.1, 0.15) is 51.7 Å². The monoisotopic (exact) mass is 338 g/mol. The maximum Gasteiger partial charge on any atom is 0.196 e. The summed E-state index contributed by atoms with van der Waals surface area (Å²) in [5.41, 5.74) is 2.70. The first-order chi connectivity index (χ1) is 11.4. The molecule has 0 spiro atoms. The first kappa shape index (κ1) is 17.2. The molecule has 3 rings (SSSR count). The van der Waals surface area contributed by atoms with Gasteiger partial charge in [-0.3, -0.25) is 4.79 Å². The maximum absolute atomic E-state index is 13.2. The van der Waals surface area contributed by atoms with E-state index < -0.39 is 0 Å². The second-order valence-corrected chi connectivity index (χ2v) is 8.58. The third-order valence-corrected chi connectivity index (χ3v) is 6.37. The van der Waals surface area contributed by atoms with E-state index in [1.807, 2.05) is 18.2 Å². The molecule has 0 radical (unpaired) electrons. The highest BCUT2D eigenvalue weighted by Crippen LogP contribution is 2.34.